The number of carbonyl (C=O) groups excluding carboxylic acids is 1. The number of hydrogen-bond acceptors (Lipinski definition) is 5. The van der Waals surface area contributed by atoms with Gasteiger partial charge in [-0.1, -0.05) is 23.8 Å². The fourth-order valence-corrected chi connectivity index (χ4v) is 2.45. The van der Waals surface area contributed by atoms with Crippen LogP contribution in [0.25, 0.3) is 0 Å². The maximum absolute atomic E-state index is 12.4. The highest BCUT2D eigenvalue weighted by Gasteiger charge is 2.19. The Morgan fingerprint density at radius 2 is 1.88 bits per heavy atom. The second-order valence-corrected chi connectivity index (χ2v) is 6.12. The molecule has 132 valence electrons. The molecule has 0 heterocycles. The summed E-state index contributed by atoms with van der Waals surface area (Å²) in [5, 5.41) is 29.8. The third-order valence-corrected chi connectivity index (χ3v) is 3.73. The molecule has 0 spiro atoms. The van der Waals surface area contributed by atoms with E-state index in [9.17, 15) is 20.1 Å². The van der Waals surface area contributed by atoms with Gasteiger partial charge in [0.2, 0.25) is 0 Å². The normalized spacial score (nSPS) is 10.4. The van der Waals surface area contributed by atoms with Gasteiger partial charge in [-0.25, -0.2) is 4.79 Å². The highest BCUT2D eigenvalue weighted by Crippen LogP contribution is 2.33. The van der Waals surface area contributed by atoms with Gasteiger partial charge in [0.1, 0.15) is 11.3 Å². The van der Waals surface area contributed by atoms with Crippen molar-refractivity contribution in [1.82, 2.24) is 0 Å². The highest BCUT2D eigenvalue weighted by atomic mass is 16.5. The standard InChI is InChI=1S/C20H22O5/c1-12(2)7-8-14-5-4-6-16(18(14)23)20(24)25-19-15(11-21)9-13(3)10-17(19)22/h4-7,9-10,21-23H,8,11H2,1-3H3. The summed E-state index contributed by atoms with van der Waals surface area (Å²) in [5.41, 5.74) is 2.73. The number of esters is 1. The maximum Gasteiger partial charge on any atom is 0.347 e. The molecule has 0 amide bonds. The molecule has 0 fully saturated rings. The van der Waals surface area contributed by atoms with E-state index in [0.717, 1.165) is 11.1 Å². The van der Waals surface area contributed by atoms with E-state index in [1.54, 1.807) is 25.1 Å². The topological polar surface area (TPSA) is 87.0 Å². The van der Waals surface area contributed by atoms with E-state index < -0.39 is 5.97 Å². The number of allylic oxidation sites excluding steroid dienone is 2. The zero-order valence-electron chi connectivity index (χ0n) is 14.5. The number of aliphatic hydroxyl groups excluding tert-OH is 1. The molecule has 0 aliphatic rings. The summed E-state index contributed by atoms with van der Waals surface area (Å²) in [6.45, 7) is 5.27. The van der Waals surface area contributed by atoms with Crippen molar-refractivity contribution in [1.29, 1.82) is 0 Å². The molecule has 2 aromatic carbocycles. The summed E-state index contributed by atoms with van der Waals surface area (Å²) in [7, 11) is 0. The Bertz CT molecular complexity index is 817. The van der Waals surface area contributed by atoms with E-state index in [4.69, 9.17) is 4.74 Å². The van der Waals surface area contributed by atoms with Crippen LogP contribution in [0.15, 0.2) is 42.0 Å². The molecule has 25 heavy (non-hydrogen) atoms. The van der Waals surface area contributed by atoms with Crippen LogP contribution in [0.1, 0.15) is 40.9 Å². The minimum atomic E-state index is -0.801. The molecule has 0 aromatic heterocycles. The van der Waals surface area contributed by atoms with Crippen molar-refractivity contribution in [2.45, 2.75) is 33.8 Å². The Morgan fingerprint density at radius 1 is 1.16 bits per heavy atom. The van der Waals surface area contributed by atoms with Crippen LogP contribution in [0, 0.1) is 6.92 Å². The molecule has 3 N–H and O–H groups in total. The molecular weight excluding hydrogens is 320 g/mol. The van der Waals surface area contributed by atoms with Crippen LogP contribution < -0.4 is 4.74 Å². The SMILES string of the molecule is CC(C)=CCc1cccc(C(=O)Oc2c(O)cc(C)cc2CO)c1O. The third kappa shape index (κ3) is 4.39. The van der Waals surface area contributed by atoms with Gasteiger partial charge in [-0.15, -0.1) is 0 Å². The molecule has 0 unspecified atom stereocenters. The lowest BCUT2D eigenvalue weighted by Crippen LogP contribution is -2.11. The quantitative estimate of drug-likeness (QED) is 0.439. The lowest BCUT2D eigenvalue weighted by molar-refractivity contribution is 0.0722. The number of carbonyl (C=O) groups is 1. The first-order chi connectivity index (χ1) is 11.8. The van der Waals surface area contributed by atoms with Crippen LogP contribution in [-0.2, 0) is 13.0 Å². The molecule has 0 bridgehead atoms. The number of para-hydroxylation sites is 1. The van der Waals surface area contributed by atoms with Gasteiger partial charge in [0.25, 0.3) is 0 Å². The van der Waals surface area contributed by atoms with E-state index in [1.807, 2.05) is 19.9 Å². The first-order valence-corrected chi connectivity index (χ1v) is 7.93. The number of phenols is 2. The molecule has 0 saturated carbocycles. The van der Waals surface area contributed by atoms with Crippen LogP contribution in [0.2, 0.25) is 0 Å². The van der Waals surface area contributed by atoms with Gasteiger partial charge in [0.05, 0.1) is 6.61 Å². The Labute approximate surface area is 146 Å². The summed E-state index contributed by atoms with van der Waals surface area (Å²) >= 11 is 0. The Kier molecular flexibility index (Phi) is 5.83. The van der Waals surface area contributed by atoms with Crippen molar-refractivity contribution in [3.63, 3.8) is 0 Å². The van der Waals surface area contributed by atoms with Crippen molar-refractivity contribution in [2.24, 2.45) is 0 Å². The Hall–Kier alpha value is -2.79. The van der Waals surface area contributed by atoms with Crippen LogP contribution in [0.5, 0.6) is 17.2 Å². The predicted molar refractivity (Wildman–Crippen MR) is 95.0 cm³/mol. The Morgan fingerprint density at radius 3 is 2.52 bits per heavy atom. The fourth-order valence-electron chi connectivity index (χ4n) is 2.45. The molecular formula is C20H22O5. The van der Waals surface area contributed by atoms with Gasteiger partial charge in [-0.2, -0.15) is 0 Å². The summed E-state index contributed by atoms with van der Waals surface area (Å²) in [5.74, 6) is -1.29. The second-order valence-electron chi connectivity index (χ2n) is 6.12. The highest BCUT2D eigenvalue weighted by molar-refractivity contribution is 5.94. The second kappa shape index (κ2) is 7.85. The van der Waals surface area contributed by atoms with Crippen molar-refractivity contribution in [3.8, 4) is 17.2 Å². The minimum absolute atomic E-state index is 0.00326. The summed E-state index contributed by atoms with van der Waals surface area (Å²) in [4.78, 5) is 12.4. The lowest BCUT2D eigenvalue weighted by atomic mass is 10.0. The number of hydrogen-bond donors (Lipinski definition) is 3. The minimum Gasteiger partial charge on any atom is -0.507 e. The Balaban J connectivity index is 2.34. The zero-order chi connectivity index (χ0) is 18.6. The molecule has 5 heteroatoms. The number of aromatic hydroxyl groups is 2. The van der Waals surface area contributed by atoms with E-state index in [1.165, 1.54) is 12.1 Å². The molecule has 0 aliphatic carbocycles. The molecule has 5 nitrogen and oxygen atoms in total. The van der Waals surface area contributed by atoms with E-state index in [-0.39, 0.29) is 29.4 Å². The van der Waals surface area contributed by atoms with Gasteiger partial charge in [0.15, 0.2) is 11.5 Å². The predicted octanol–water partition coefficient (Wildman–Crippen LogP) is 3.63. The fraction of sp³-hybridized carbons (Fsp3) is 0.250. The number of ether oxygens (including phenoxy) is 1. The van der Waals surface area contributed by atoms with E-state index in [0.29, 0.717) is 17.5 Å². The number of benzene rings is 2. The third-order valence-electron chi connectivity index (χ3n) is 3.73. The summed E-state index contributed by atoms with van der Waals surface area (Å²) in [6.07, 6.45) is 2.44. The summed E-state index contributed by atoms with van der Waals surface area (Å²) in [6, 6.07) is 7.90. The van der Waals surface area contributed by atoms with Crippen molar-refractivity contribution in [3.05, 3.63) is 64.2 Å². The zero-order valence-corrected chi connectivity index (χ0v) is 14.5. The number of phenolic OH excluding ortho intramolecular Hbond substituents is 2. The van der Waals surface area contributed by atoms with Crippen LogP contribution in [0.3, 0.4) is 0 Å². The monoisotopic (exact) mass is 342 g/mol. The van der Waals surface area contributed by atoms with Gasteiger partial charge in [-0.05, 0) is 56.5 Å². The van der Waals surface area contributed by atoms with E-state index in [2.05, 4.69) is 0 Å². The van der Waals surface area contributed by atoms with Gasteiger partial charge < -0.3 is 20.1 Å². The lowest BCUT2D eigenvalue weighted by Gasteiger charge is -2.13. The van der Waals surface area contributed by atoms with Gasteiger partial charge >= 0.3 is 5.97 Å². The van der Waals surface area contributed by atoms with Crippen molar-refractivity contribution < 1.29 is 24.9 Å². The van der Waals surface area contributed by atoms with Crippen molar-refractivity contribution >= 4 is 5.97 Å². The summed E-state index contributed by atoms with van der Waals surface area (Å²) < 4.78 is 5.25. The average molecular weight is 342 g/mol. The largest absolute Gasteiger partial charge is 0.507 e. The average Bonchev–Trinajstić information content (AvgIpc) is 2.55. The first-order valence-electron chi connectivity index (χ1n) is 7.93. The van der Waals surface area contributed by atoms with Crippen LogP contribution in [-0.4, -0.2) is 21.3 Å². The number of aryl methyl sites for hydroxylation is 1. The van der Waals surface area contributed by atoms with Crippen LogP contribution >= 0.6 is 0 Å². The molecule has 0 atom stereocenters. The molecule has 2 rings (SSSR count). The molecule has 0 radical (unpaired) electrons. The smallest absolute Gasteiger partial charge is 0.347 e. The van der Waals surface area contributed by atoms with Crippen molar-refractivity contribution in [2.75, 3.05) is 0 Å². The van der Waals surface area contributed by atoms with Gasteiger partial charge in [-0.3, -0.25) is 0 Å². The van der Waals surface area contributed by atoms with Gasteiger partial charge in [0, 0.05) is 5.56 Å². The first kappa shape index (κ1) is 18.5. The maximum atomic E-state index is 12.4. The molecule has 0 aliphatic heterocycles. The van der Waals surface area contributed by atoms with Crippen LogP contribution in [0.4, 0.5) is 0 Å². The molecule has 2 aromatic rings. The number of aliphatic hydroxyl groups is 1. The number of rotatable bonds is 5. The molecule has 0 saturated heterocycles. The van der Waals surface area contributed by atoms with E-state index >= 15 is 0 Å².